The summed E-state index contributed by atoms with van der Waals surface area (Å²) in [6.07, 6.45) is 0. The number of urea groups is 1. The lowest BCUT2D eigenvalue weighted by Crippen LogP contribution is -2.34. The maximum absolute atomic E-state index is 12.0. The number of nitrogens with one attached hydrogen (secondary N) is 2. The van der Waals surface area contributed by atoms with E-state index in [0.29, 0.717) is 28.9 Å². The van der Waals surface area contributed by atoms with Crippen LogP contribution in [0.15, 0.2) is 29.3 Å². The molecule has 0 saturated heterocycles. The summed E-state index contributed by atoms with van der Waals surface area (Å²) in [7, 11) is 5.44. The molecule has 1 heterocycles. The number of hydrogen-bond acceptors (Lipinski definition) is 7. The highest BCUT2D eigenvalue weighted by molar-refractivity contribution is 7.98. The van der Waals surface area contributed by atoms with Crippen LogP contribution in [0.1, 0.15) is 15.9 Å². The first-order valence-electron chi connectivity index (χ1n) is 8.16. The predicted octanol–water partition coefficient (Wildman–Crippen LogP) is 2.23. The molecule has 1 aromatic heterocycles. The number of benzene rings is 1. The summed E-state index contributed by atoms with van der Waals surface area (Å²) in [5, 5.41) is 6.21. The Balaban J connectivity index is 2.06. The first kappa shape index (κ1) is 21.0. The minimum absolute atomic E-state index is 0.225. The van der Waals surface area contributed by atoms with Gasteiger partial charge in [-0.3, -0.25) is 10.1 Å². The lowest BCUT2D eigenvalue weighted by atomic mass is 10.2. The van der Waals surface area contributed by atoms with E-state index in [9.17, 15) is 9.59 Å². The number of hydrogen-bond donors (Lipinski definition) is 3. The van der Waals surface area contributed by atoms with Crippen molar-refractivity contribution < 1.29 is 14.3 Å². The number of likely N-dealkylation sites (N-methyl/N-ethyl adjacent to an activating group) is 1. The average molecular weight is 410 g/mol. The first-order valence-corrected chi connectivity index (χ1v) is 9.92. The fraction of sp³-hybridized carbons (Fsp3) is 0.353. The van der Waals surface area contributed by atoms with Gasteiger partial charge in [0.2, 0.25) is 0 Å². The van der Waals surface area contributed by atoms with Crippen LogP contribution in [0.5, 0.6) is 5.75 Å². The van der Waals surface area contributed by atoms with Gasteiger partial charge in [-0.05, 0) is 31.7 Å². The van der Waals surface area contributed by atoms with E-state index >= 15 is 0 Å². The van der Waals surface area contributed by atoms with Gasteiger partial charge < -0.3 is 20.7 Å². The second-order valence-corrected chi connectivity index (χ2v) is 7.58. The highest BCUT2D eigenvalue weighted by atomic mass is 32.2. The Morgan fingerprint density at radius 2 is 2.07 bits per heavy atom. The van der Waals surface area contributed by atoms with Crippen molar-refractivity contribution in [1.29, 1.82) is 0 Å². The van der Waals surface area contributed by atoms with Gasteiger partial charge in [0.05, 0.1) is 7.11 Å². The van der Waals surface area contributed by atoms with Crippen LogP contribution in [0.3, 0.4) is 0 Å². The minimum Gasteiger partial charge on any atom is -0.496 e. The van der Waals surface area contributed by atoms with Crippen LogP contribution in [0.2, 0.25) is 0 Å². The van der Waals surface area contributed by atoms with Gasteiger partial charge in [0.15, 0.2) is 0 Å². The molecular weight excluding hydrogens is 386 g/mol. The van der Waals surface area contributed by atoms with Crippen LogP contribution in [0, 0.1) is 0 Å². The van der Waals surface area contributed by atoms with Crippen LogP contribution < -0.4 is 21.1 Å². The van der Waals surface area contributed by atoms with Crippen LogP contribution in [0.25, 0.3) is 0 Å². The van der Waals surface area contributed by atoms with Gasteiger partial charge in [-0.15, -0.1) is 0 Å². The third-order valence-electron chi connectivity index (χ3n) is 3.54. The zero-order chi connectivity index (χ0) is 19.8. The third-order valence-corrected chi connectivity index (χ3v) is 5.44. The Kier molecular flexibility index (Phi) is 7.89. The number of carbonyl (C=O) groups is 2. The quantitative estimate of drug-likeness (QED) is 0.548. The number of anilines is 1. The molecule has 2 rings (SSSR count). The van der Waals surface area contributed by atoms with Gasteiger partial charge in [-0.2, -0.15) is 4.37 Å². The smallest absolute Gasteiger partial charge is 0.319 e. The summed E-state index contributed by atoms with van der Waals surface area (Å²) in [5.74, 6) is 0.692. The molecule has 0 aliphatic carbocycles. The Labute approximate surface area is 166 Å². The Morgan fingerprint density at radius 1 is 1.33 bits per heavy atom. The lowest BCUT2D eigenvalue weighted by Gasteiger charge is -2.11. The summed E-state index contributed by atoms with van der Waals surface area (Å²) in [4.78, 5) is 25.9. The predicted molar refractivity (Wildman–Crippen MR) is 109 cm³/mol. The number of nitrogens with two attached hydrogens (primary N) is 1. The largest absolute Gasteiger partial charge is 0.496 e. The summed E-state index contributed by atoms with van der Waals surface area (Å²) < 4.78 is 9.61. The second kappa shape index (κ2) is 10.1. The number of nitrogens with zero attached hydrogens (tertiary/aromatic N) is 2. The minimum atomic E-state index is -0.630. The Bertz CT molecular complexity index is 795. The topological polar surface area (TPSA) is 110 Å². The molecule has 0 unspecified atom stereocenters. The molecule has 3 amide bonds. The van der Waals surface area contributed by atoms with Crippen LogP contribution in [-0.4, -0.2) is 55.5 Å². The van der Waals surface area contributed by atoms with Gasteiger partial charge in [-0.25, -0.2) is 4.79 Å². The van der Waals surface area contributed by atoms with Crippen molar-refractivity contribution in [3.05, 3.63) is 35.4 Å². The summed E-state index contributed by atoms with van der Waals surface area (Å²) >= 11 is 2.40. The third kappa shape index (κ3) is 6.12. The van der Waals surface area contributed by atoms with Gasteiger partial charge >= 0.3 is 6.03 Å². The van der Waals surface area contributed by atoms with E-state index < -0.39 is 11.9 Å². The number of para-hydroxylation sites is 1. The van der Waals surface area contributed by atoms with E-state index in [4.69, 9.17) is 10.5 Å². The molecule has 2 aromatic rings. The van der Waals surface area contributed by atoms with Crippen molar-refractivity contribution in [2.75, 3.05) is 39.6 Å². The van der Waals surface area contributed by atoms with Gasteiger partial charge in [-0.1, -0.05) is 30.0 Å². The number of amides is 3. The van der Waals surface area contributed by atoms with E-state index in [2.05, 4.69) is 15.0 Å². The molecule has 0 saturated carbocycles. The van der Waals surface area contributed by atoms with E-state index in [1.54, 1.807) is 7.11 Å². The fourth-order valence-corrected chi connectivity index (χ4v) is 4.14. The molecule has 0 spiro atoms. The molecule has 0 atom stereocenters. The van der Waals surface area contributed by atoms with Crippen LogP contribution in [-0.2, 0) is 5.75 Å². The standard InChI is InChI=1S/C17H23N5O3S2/c1-22(2)9-8-19-17(24)20-15-13(14(18)23)16(21-27-15)26-10-11-6-4-5-7-12(11)25-3/h4-7H,8-10H2,1-3H3,(H2,18,23)(H2,19,20,24). The molecule has 8 nitrogen and oxygen atoms in total. The van der Waals surface area contributed by atoms with Crippen LogP contribution >= 0.6 is 23.3 Å². The molecular formula is C17H23N5O3S2. The lowest BCUT2D eigenvalue weighted by molar-refractivity contribution is 0.0998. The number of carbonyl (C=O) groups excluding carboxylic acids is 2. The summed E-state index contributed by atoms with van der Waals surface area (Å²) in [6.45, 7) is 1.19. The number of ether oxygens (including phenoxy) is 1. The summed E-state index contributed by atoms with van der Waals surface area (Å²) in [6, 6.07) is 7.22. The molecule has 0 aliphatic heterocycles. The van der Waals surface area contributed by atoms with Crippen molar-refractivity contribution in [2.24, 2.45) is 5.73 Å². The maximum atomic E-state index is 12.0. The molecule has 0 radical (unpaired) electrons. The highest BCUT2D eigenvalue weighted by Crippen LogP contribution is 2.34. The molecule has 27 heavy (non-hydrogen) atoms. The molecule has 1 aromatic carbocycles. The van der Waals surface area contributed by atoms with Crippen molar-refractivity contribution in [2.45, 2.75) is 10.8 Å². The van der Waals surface area contributed by atoms with Crippen molar-refractivity contribution in [1.82, 2.24) is 14.6 Å². The highest BCUT2D eigenvalue weighted by Gasteiger charge is 2.21. The molecule has 0 bridgehead atoms. The monoisotopic (exact) mass is 409 g/mol. The number of rotatable bonds is 9. The van der Waals surface area contributed by atoms with Crippen molar-refractivity contribution in [3.8, 4) is 5.75 Å². The maximum Gasteiger partial charge on any atom is 0.319 e. The van der Waals surface area contributed by atoms with E-state index in [1.807, 2.05) is 43.3 Å². The molecule has 0 fully saturated rings. The average Bonchev–Trinajstić information content (AvgIpc) is 3.02. The fourth-order valence-electron chi connectivity index (χ4n) is 2.19. The number of aromatic nitrogens is 1. The zero-order valence-corrected chi connectivity index (χ0v) is 17.1. The molecule has 146 valence electrons. The second-order valence-electron chi connectivity index (χ2n) is 5.84. The number of thioether (sulfide) groups is 1. The van der Waals surface area contributed by atoms with Gasteiger partial charge in [0.1, 0.15) is 21.3 Å². The summed E-state index contributed by atoms with van der Waals surface area (Å²) in [5.41, 5.74) is 6.71. The van der Waals surface area contributed by atoms with Crippen molar-refractivity contribution in [3.63, 3.8) is 0 Å². The molecule has 10 heteroatoms. The van der Waals surface area contributed by atoms with Crippen LogP contribution in [0.4, 0.5) is 9.80 Å². The Hall–Kier alpha value is -2.30. The van der Waals surface area contributed by atoms with E-state index in [-0.39, 0.29) is 5.56 Å². The van der Waals surface area contributed by atoms with E-state index in [1.165, 1.54) is 11.8 Å². The first-order chi connectivity index (χ1) is 12.9. The number of methoxy groups -OCH3 is 1. The number of primary amides is 1. The normalized spacial score (nSPS) is 10.7. The molecule has 0 aliphatic rings. The van der Waals surface area contributed by atoms with Crippen molar-refractivity contribution >= 4 is 40.2 Å². The van der Waals surface area contributed by atoms with E-state index in [0.717, 1.165) is 22.8 Å². The van der Waals surface area contributed by atoms with Gasteiger partial charge in [0, 0.05) is 24.4 Å². The van der Waals surface area contributed by atoms with Gasteiger partial charge in [0.25, 0.3) is 5.91 Å². The molecule has 4 N–H and O–H groups in total. The Morgan fingerprint density at radius 3 is 2.74 bits per heavy atom. The zero-order valence-electron chi connectivity index (χ0n) is 15.4. The SMILES string of the molecule is COc1ccccc1CSc1nsc(NC(=O)NCCN(C)C)c1C(N)=O.